The van der Waals surface area contributed by atoms with Crippen molar-refractivity contribution < 1.29 is 0 Å². The van der Waals surface area contributed by atoms with Crippen LogP contribution < -0.4 is 5.32 Å². The number of hydrogen-bond acceptors (Lipinski definition) is 1. The first-order valence-electron chi connectivity index (χ1n) is 7.00. The first kappa shape index (κ1) is 13.9. The Bertz CT molecular complexity index is 363. The van der Waals surface area contributed by atoms with Gasteiger partial charge in [0.15, 0.2) is 0 Å². The second kappa shape index (κ2) is 6.08. The number of benzene rings is 1. The molecule has 1 aliphatic carbocycles. The smallest absolute Gasteiger partial charge is 0.0406 e. The van der Waals surface area contributed by atoms with Gasteiger partial charge in [-0.05, 0) is 44.1 Å². The molecule has 0 aromatic heterocycles. The molecular formula is C16H24ClN. The van der Waals surface area contributed by atoms with Gasteiger partial charge < -0.3 is 5.32 Å². The average molecular weight is 266 g/mol. The quantitative estimate of drug-likeness (QED) is 0.802. The van der Waals surface area contributed by atoms with Crippen molar-refractivity contribution >= 4 is 11.6 Å². The molecule has 1 saturated carbocycles. The second-order valence-corrected chi connectivity index (χ2v) is 6.20. The van der Waals surface area contributed by atoms with Gasteiger partial charge in [-0.3, -0.25) is 0 Å². The predicted molar refractivity (Wildman–Crippen MR) is 79.1 cm³/mol. The highest BCUT2D eigenvalue weighted by Gasteiger charge is 2.32. The van der Waals surface area contributed by atoms with Crippen molar-refractivity contribution in [3.63, 3.8) is 0 Å². The van der Waals surface area contributed by atoms with Gasteiger partial charge in [-0.1, -0.05) is 36.8 Å². The number of hydrogen-bond donors (Lipinski definition) is 1. The van der Waals surface area contributed by atoms with E-state index in [2.05, 4.69) is 43.4 Å². The van der Waals surface area contributed by atoms with Crippen LogP contribution in [0, 0.1) is 12.8 Å². The fourth-order valence-corrected chi connectivity index (χ4v) is 3.03. The minimum atomic E-state index is 0.166. The van der Waals surface area contributed by atoms with E-state index in [0.29, 0.717) is 0 Å². The van der Waals surface area contributed by atoms with Gasteiger partial charge >= 0.3 is 0 Å². The Morgan fingerprint density at radius 2 is 1.83 bits per heavy atom. The third-order valence-electron chi connectivity index (χ3n) is 4.28. The molecule has 2 heteroatoms. The molecule has 1 N–H and O–H groups in total. The van der Waals surface area contributed by atoms with E-state index in [1.165, 1.54) is 36.8 Å². The van der Waals surface area contributed by atoms with Crippen molar-refractivity contribution in [2.75, 3.05) is 5.88 Å². The summed E-state index contributed by atoms with van der Waals surface area (Å²) < 4.78 is 0. The van der Waals surface area contributed by atoms with E-state index in [9.17, 15) is 0 Å². The Morgan fingerprint density at radius 1 is 1.22 bits per heavy atom. The lowest BCUT2D eigenvalue weighted by molar-refractivity contribution is 0.216. The molecule has 0 radical (unpaired) electrons. The molecule has 0 heterocycles. The summed E-state index contributed by atoms with van der Waals surface area (Å²) in [6.07, 6.45) is 5.02. The van der Waals surface area contributed by atoms with Crippen LogP contribution in [0.3, 0.4) is 0 Å². The van der Waals surface area contributed by atoms with Crippen LogP contribution in [-0.2, 0) is 6.54 Å². The van der Waals surface area contributed by atoms with Gasteiger partial charge in [-0.2, -0.15) is 0 Å². The Morgan fingerprint density at radius 3 is 2.39 bits per heavy atom. The summed E-state index contributed by atoms with van der Waals surface area (Å²) in [6, 6.07) is 8.76. The van der Waals surface area contributed by atoms with Gasteiger partial charge in [0.2, 0.25) is 0 Å². The standard InChI is InChI=1S/C16H24ClN/c1-13-3-5-15(6-4-13)11-18-16(12-17)9-7-14(2)8-10-16/h3-6,14,18H,7-12H2,1-2H3. The van der Waals surface area contributed by atoms with Crippen LogP contribution in [0.2, 0.25) is 0 Å². The number of alkyl halides is 1. The lowest BCUT2D eigenvalue weighted by Gasteiger charge is -2.39. The van der Waals surface area contributed by atoms with Crippen molar-refractivity contribution in [1.29, 1.82) is 0 Å². The molecule has 1 aromatic carbocycles. The molecule has 2 rings (SSSR count). The van der Waals surface area contributed by atoms with Crippen molar-refractivity contribution in [2.45, 2.75) is 51.6 Å². The maximum Gasteiger partial charge on any atom is 0.0406 e. The van der Waals surface area contributed by atoms with Crippen LogP contribution in [0.1, 0.15) is 43.7 Å². The summed E-state index contributed by atoms with van der Waals surface area (Å²) in [7, 11) is 0. The number of halogens is 1. The molecule has 0 spiro atoms. The van der Waals surface area contributed by atoms with Crippen LogP contribution >= 0.6 is 11.6 Å². The van der Waals surface area contributed by atoms with Crippen LogP contribution in [0.4, 0.5) is 0 Å². The zero-order valence-corrected chi connectivity index (χ0v) is 12.3. The monoisotopic (exact) mass is 265 g/mol. The van der Waals surface area contributed by atoms with Gasteiger partial charge in [0.1, 0.15) is 0 Å². The molecule has 0 unspecified atom stereocenters. The van der Waals surface area contributed by atoms with E-state index in [1.807, 2.05) is 0 Å². The molecule has 0 atom stereocenters. The van der Waals surface area contributed by atoms with Gasteiger partial charge in [-0.25, -0.2) is 0 Å². The zero-order chi connectivity index (χ0) is 13.0. The Labute approximate surface area is 116 Å². The predicted octanol–water partition coefficient (Wildman–Crippen LogP) is 4.27. The highest BCUT2D eigenvalue weighted by molar-refractivity contribution is 6.18. The summed E-state index contributed by atoms with van der Waals surface area (Å²) in [6.45, 7) is 5.40. The number of nitrogens with one attached hydrogen (secondary N) is 1. The van der Waals surface area contributed by atoms with Gasteiger partial charge in [-0.15, -0.1) is 11.6 Å². The topological polar surface area (TPSA) is 12.0 Å². The van der Waals surface area contributed by atoms with E-state index in [1.54, 1.807) is 0 Å². The van der Waals surface area contributed by atoms with E-state index in [-0.39, 0.29) is 5.54 Å². The number of rotatable bonds is 4. The van der Waals surface area contributed by atoms with E-state index in [0.717, 1.165) is 18.3 Å². The fraction of sp³-hybridized carbons (Fsp3) is 0.625. The SMILES string of the molecule is Cc1ccc(CNC2(CCl)CCC(C)CC2)cc1. The normalized spacial score (nSPS) is 28.3. The molecule has 1 nitrogen and oxygen atoms in total. The Hall–Kier alpha value is -0.530. The highest BCUT2D eigenvalue weighted by atomic mass is 35.5. The molecule has 1 fully saturated rings. The van der Waals surface area contributed by atoms with Crippen molar-refractivity contribution in [2.24, 2.45) is 5.92 Å². The molecule has 0 saturated heterocycles. The van der Waals surface area contributed by atoms with Crippen LogP contribution in [-0.4, -0.2) is 11.4 Å². The van der Waals surface area contributed by atoms with Crippen molar-refractivity contribution in [3.05, 3.63) is 35.4 Å². The minimum absolute atomic E-state index is 0.166. The van der Waals surface area contributed by atoms with Crippen molar-refractivity contribution in [3.8, 4) is 0 Å². The average Bonchev–Trinajstić information content (AvgIpc) is 2.41. The van der Waals surface area contributed by atoms with E-state index in [4.69, 9.17) is 11.6 Å². The van der Waals surface area contributed by atoms with E-state index >= 15 is 0 Å². The summed E-state index contributed by atoms with van der Waals surface area (Å²) in [4.78, 5) is 0. The molecule has 18 heavy (non-hydrogen) atoms. The molecule has 0 amide bonds. The molecule has 1 aromatic rings. The van der Waals surface area contributed by atoms with Gasteiger partial charge in [0, 0.05) is 18.0 Å². The lowest BCUT2D eigenvalue weighted by Crippen LogP contribution is -2.49. The summed E-state index contributed by atoms with van der Waals surface area (Å²) in [5.74, 6) is 1.59. The molecule has 0 bridgehead atoms. The fourth-order valence-electron chi connectivity index (χ4n) is 2.67. The highest BCUT2D eigenvalue weighted by Crippen LogP contribution is 2.33. The summed E-state index contributed by atoms with van der Waals surface area (Å²) in [5.41, 5.74) is 2.83. The van der Waals surface area contributed by atoms with Crippen molar-refractivity contribution in [1.82, 2.24) is 5.32 Å². The van der Waals surface area contributed by atoms with Crippen LogP contribution in [0.25, 0.3) is 0 Å². The third kappa shape index (κ3) is 3.49. The van der Waals surface area contributed by atoms with Gasteiger partial charge in [0.25, 0.3) is 0 Å². The van der Waals surface area contributed by atoms with E-state index < -0.39 is 0 Å². The van der Waals surface area contributed by atoms with Crippen LogP contribution in [0.5, 0.6) is 0 Å². The lowest BCUT2D eigenvalue weighted by atomic mass is 9.78. The summed E-state index contributed by atoms with van der Waals surface area (Å²) >= 11 is 6.21. The first-order chi connectivity index (χ1) is 8.63. The molecule has 0 aliphatic heterocycles. The molecular weight excluding hydrogens is 242 g/mol. The second-order valence-electron chi connectivity index (χ2n) is 5.94. The van der Waals surface area contributed by atoms with Gasteiger partial charge in [0.05, 0.1) is 0 Å². The molecule has 1 aliphatic rings. The first-order valence-corrected chi connectivity index (χ1v) is 7.53. The largest absolute Gasteiger partial charge is 0.306 e. The third-order valence-corrected chi connectivity index (χ3v) is 4.79. The summed E-state index contributed by atoms with van der Waals surface area (Å²) in [5, 5.41) is 3.71. The Kier molecular flexibility index (Phi) is 4.69. The van der Waals surface area contributed by atoms with Crippen LogP contribution in [0.15, 0.2) is 24.3 Å². The molecule has 100 valence electrons. The Balaban J connectivity index is 1.92. The number of aryl methyl sites for hydroxylation is 1. The maximum absolute atomic E-state index is 6.21. The zero-order valence-electron chi connectivity index (χ0n) is 11.5. The maximum atomic E-state index is 6.21. The minimum Gasteiger partial charge on any atom is -0.306 e.